The number of piperidine rings is 1. The molecule has 1 aromatic rings. The minimum absolute atomic E-state index is 0.350. The van der Waals surface area contributed by atoms with Crippen LogP contribution in [-0.4, -0.2) is 37.2 Å². The predicted octanol–water partition coefficient (Wildman–Crippen LogP) is 1.80. The molecule has 0 aromatic heterocycles. The van der Waals surface area contributed by atoms with Gasteiger partial charge in [0.05, 0.1) is 0 Å². The highest BCUT2D eigenvalue weighted by Gasteiger charge is 2.15. The number of nitrogens with two attached hydrogens (primary N) is 1. The number of aryl methyl sites for hydroxylation is 1. The Morgan fingerprint density at radius 2 is 2.12 bits per heavy atom. The second-order valence-electron chi connectivity index (χ2n) is 4.86. The Hall–Kier alpha value is -1.06. The number of likely N-dealkylation sites (tertiary alicyclic amines) is 1. The lowest BCUT2D eigenvalue weighted by Gasteiger charge is -2.30. The summed E-state index contributed by atoms with van der Waals surface area (Å²) in [5.74, 6) is 0.955. The second-order valence-corrected chi connectivity index (χ2v) is 4.86. The van der Waals surface area contributed by atoms with Crippen LogP contribution in [0.4, 0.5) is 0 Å². The van der Waals surface area contributed by atoms with Gasteiger partial charge in [0, 0.05) is 19.1 Å². The molecule has 1 saturated heterocycles. The van der Waals surface area contributed by atoms with E-state index in [1.54, 1.807) is 0 Å². The summed E-state index contributed by atoms with van der Waals surface area (Å²) in [5, 5.41) is 0. The standard InChI is InChI=1S/C14H22N2O/c1-12-4-6-14(7-5-12)17-10-9-16-8-2-3-13(15)11-16/h4-7,13H,2-3,8-11,15H2,1H3. The van der Waals surface area contributed by atoms with E-state index in [0.717, 1.165) is 38.4 Å². The first-order valence-corrected chi connectivity index (χ1v) is 6.41. The Morgan fingerprint density at radius 1 is 1.35 bits per heavy atom. The number of benzene rings is 1. The summed E-state index contributed by atoms with van der Waals surface area (Å²) < 4.78 is 5.72. The van der Waals surface area contributed by atoms with Crippen LogP contribution in [0.3, 0.4) is 0 Å². The van der Waals surface area contributed by atoms with E-state index in [0.29, 0.717) is 6.04 Å². The van der Waals surface area contributed by atoms with Crippen molar-refractivity contribution >= 4 is 0 Å². The average molecular weight is 234 g/mol. The van der Waals surface area contributed by atoms with E-state index < -0.39 is 0 Å². The van der Waals surface area contributed by atoms with Crippen molar-refractivity contribution in [1.82, 2.24) is 4.90 Å². The van der Waals surface area contributed by atoms with Crippen LogP contribution in [0.25, 0.3) is 0 Å². The van der Waals surface area contributed by atoms with Gasteiger partial charge in [0.25, 0.3) is 0 Å². The summed E-state index contributed by atoms with van der Waals surface area (Å²) >= 11 is 0. The van der Waals surface area contributed by atoms with Crippen molar-refractivity contribution in [3.05, 3.63) is 29.8 Å². The van der Waals surface area contributed by atoms with Gasteiger partial charge >= 0.3 is 0 Å². The van der Waals surface area contributed by atoms with Gasteiger partial charge in [-0.1, -0.05) is 17.7 Å². The van der Waals surface area contributed by atoms with E-state index in [-0.39, 0.29) is 0 Å². The molecule has 3 nitrogen and oxygen atoms in total. The van der Waals surface area contributed by atoms with Crippen molar-refractivity contribution in [3.8, 4) is 5.75 Å². The molecule has 0 radical (unpaired) electrons. The van der Waals surface area contributed by atoms with Crippen LogP contribution in [-0.2, 0) is 0 Å². The molecule has 2 N–H and O–H groups in total. The van der Waals surface area contributed by atoms with Gasteiger partial charge in [-0.05, 0) is 38.4 Å². The fraction of sp³-hybridized carbons (Fsp3) is 0.571. The molecule has 0 bridgehead atoms. The van der Waals surface area contributed by atoms with Gasteiger partial charge in [-0.2, -0.15) is 0 Å². The van der Waals surface area contributed by atoms with Crippen molar-refractivity contribution in [2.24, 2.45) is 5.73 Å². The molecule has 1 heterocycles. The second kappa shape index (κ2) is 6.03. The highest BCUT2D eigenvalue weighted by molar-refractivity contribution is 5.26. The van der Waals surface area contributed by atoms with Crippen LogP contribution in [0.15, 0.2) is 24.3 Å². The number of ether oxygens (including phenoxy) is 1. The van der Waals surface area contributed by atoms with Crippen LogP contribution in [0.2, 0.25) is 0 Å². The molecule has 0 aliphatic carbocycles. The quantitative estimate of drug-likeness (QED) is 0.863. The molecule has 1 fully saturated rings. The number of hydrogen-bond acceptors (Lipinski definition) is 3. The Kier molecular flexibility index (Phi) is 4.40. The first kappa shape index (κ1) is 12.4. The summed E-state index contributed by atoms with van der Waals surface area (Å²) in [6.07, 6.45) is 2.38. The molecule has 2 rings (SSSR count). The molecule has 17 heavy (non-hydrogen) atoms. The van der Waals surface area contributed by atoms with E-state index in [2.05, 4.69) is 24.0 Å². The van der Waals surface area contributed by atoms with Crippen molar-refractivity contribution < 1.29 is 4.74 Å². The molecule has 1 aliphatic rings. The molecule has 0 amide bonds. The van der Waals surface area contributed by atoms with Gasteiger partial charge in [0.2, 0.25) is 0 Å². The zero-order valence-corrected chi connectivity index (χ0v) is 10.6. The first-order valence-electron chi connectivity index (χ1n) is 6.41. The SMILES string of the molecule is Cc1ccc(OCCN2CCCC(N)C2)cc1. The Balaban J connectivity index is 1.70. The topological polar surface area (TPSA) is 38.5 Å². The maximum atomic E-state index is 5.94. The first-order chi connectivity index (χ1) is 8.24. The van der Waals surface area contributed by atoms with Gasteiger partial charge in [0.15, 0.2) is 0 Å². The summed E-state index contributed by atoms with van der Waals surface area (Å²) in [6.45, 7) is 5.97. The molecular weight excluding hydrogens is 212 g/mol. The predicted molar refractivity (Wildman–Crippen MR) is 70.3 cm³/mol. The number of rotatable bonds is 4. The molecule has 1 aromatic carbocycles. The molecule has 94 valence electrons. The average Bonchev–Trinajstić information content (AvgIpc) is 2.32. The summed E-state index contributed by atoms with van der Waals surface area (Å²) in [7, 11) is 0. The summed E-state index contributed by atoms with van der Waals surface area (Å²) in [6, 6.07) is 8.55. The lowest BCUT2D eigenvalue weighted by Crippen LogP contribution is -2.44. The van der Waals surface area contributed by atoms with Crippen molar-refractivity contribution in [1.29, 1.82) is 0 Å². The third kappa shape index (κ3) is 4.02. The van der Waals surface area contributed by atoms with Gasteiger partial charge < -0.3 is 10.5 Å². The minimum atomic E-state index is 0.350. The lowest BCUT2D eigenvalue weighted by atomic mass is 10.1. The number of hydrogen-bond donors (Lipinski definition) is 1. The van der Waals surface area contributed by atoms with E-state index in [1.807, 2.05) is 12.1 Å². The Bertz CT molecular complexity index is 337. The fourth-order valence-corrected chi connectivity index (χ4v) is 2.22. The molecule has 3 heteroatoms. The van der Waals surface area contributed by atoms with Crippen LogP contribution in [0.5, 0.6) is 5.75 Å². The van der Waals surface area contributed by atoms with Crippen molar-refractivity contribution in [3.63, 3.8) is 0 Å². The van der Waals surface area contributed by atoms with Crippen molar-refractivity contribution in [2.45, 2.75) is 25.8 Å². The van der Waals surface area contributed by atoms with E-state index in [9.17, 15) is 0 Å². The molecular formula is C14H22N2O. The van der Waals surface area contributed by atoms with Crippen LogP contribution in [0.1, 0.15) is 18.4 Å². The molecule has 1 aliphatic heterocycles. The number of nitrogens with zero attached hydrogens (tertiary/aromatic N) is 1. The summed E-state index contributed by atoms with van der Waals surface area (Å²) in [5.41, 5.74) is 7.21. The van der Waals surface area contributed by atoms with E-state index in [1.165, 1.54) is 12.0 Å². The molecule has 0 saturated carbocycles. The highest BCUT2D eigenvalue weighted by atomic mass is 16.5. The maximum Gasteiger partial charge on any atom is 0.119 e. The zero-order chi connectivity index (χ0) is 12.1. The van der Waals surface area contributed by atoms with E-state index in [4.69, 9.17) is 10.5 Å². The minimum Gasteiger partial charge on any atom is -0.492 e. The normalized spacial score (nSPS) is 21.4. The van der Waals surface area contributed by atoms with E-state index >= 15 is 0 Å². The van der Waals surface area contributed by atoms with Crippen LogP contribution in [0, 0.1) is 6.92 Å². The maximum absolute atomic E-state index is 5.94. The Morgan fingerprint density at radius 3 is 2.82 bits per heavy atom. The highest BCUT2D eigenvalue weighted by Crippen LogP contribution is 2.12. The van der Waals surface area contributed by atoms with Gasteiger partial charge in [0.1, 0.15) is 12.4 Å². The largest absolute Gasteiger partial charge is 0.492 e. The zero-order valence-electron chi connectivity index (χ0n) is 10.6. The van der Waals surface area contributed by atoms with Gasteiger partial charge in [-0.25, -0.2) is 0 Å². The van der Waals surface area contributed by atoms with Gasteiger partial charge in [-0.15, -0.1) is 0 Å². The molecule has 0 spiro atoms. The fourth-order valence-electron chi connectivity index (χ4n) is 2.22. The van der Waals surface area contributed by atoms with Crippen LogP contribution >= 0.6 is 0 Å². The molecule has 1 unspecified atom stereocenters. The molecule has 1 atom stereocenters. The van der Waals surface area contributed by atoms with Crippen LogP contribution < -0.4 is 10.5 Å². The monoisotopic (exact) mass is 234 g/mol. The third-order valence-electron chi connectivity index (χ3n) is 3.24. The summed E-state index contributed by atoms with van der Waals surface area (Å²) in [4.78, 5) is 2.39. The lowest BCUT2D eigenvalue weighted by molar-refractivity contribution is 0.171. The van der Waals surface area contributed by atoms with Gasteiger partial charge in [-0.3, -0.25) is 4.90 Å². The third-order valence-corrected chi connectivity index (χ3v) is 3.24. The smallest absolute Gasteiger partial charge is 0.119 e. The van der Waals surface area contributed by atoms with Crippen molar-refractivity contribution in [2.75, 3.05) is 26.2 Å². The Labute approximate surface area is 104 Å².